The van der Waals surface area contributed by atoms with E-state index in [1.165, 1.54) is 12.4 Å². The molecule has 44 heavy (non-hydrogen) atoms. The number of hydrogen-bond donors (Lipinski definition) is 2. The number of fused-ring (bicyclic) bond motifs is 2. The molecule has 1 saturated carbocycles. The Kier molecular flexibility index (Phi) is 7.33. The van der Waals surface area contributed by atoms with Gasteiger partial charge < -0.3 is 10.6 Å². The highest BCUT2D eigenvalue weighted by Gasteiger charge is 2.66. The van der Waals surface area contributed by atoms with Gasteiger partial charge in [-0.1, -0.05) is 67.4 Å². The molecule has 0 saturated heterocycles. The van der Waals surface area contributed by atoms with Gasteiger partial charge in [0.05, 0.1) is 34.0 Å². The van der Waals surface area contributed by atoms with Crippen molar-refractivity contribution in [3.05, 3.63) is 82.0 Å². The maximum atomic E-state index is 14.0. The van der Waals surface area contributed by atoms with E-state index in [0.29, 0.717) is 55.5 Å². The van der Waals surface area contributed by atoms with Crippen LogP contribution in [0.1, 0.15) is 56.5 Å². The Balaban J connectivity index is 1.50. The Hall–Kier alpha value is -4.14. The minimum atomic E-state index is -4.46. The summed E-state index contributed by atoms with van der Waals surface area (Å²) in [6, 6.07) is 12.2. The highest BCUT2D eigenvalue weighted by Crippen LogP contribution is 2.55. The van der Waals surface area contributed by atoms with Gasteiger partial charge in [-0.2, -0.15) is 18.4 Å². The molecule has 0 bridgehead atoms. The van der Waals surface area contributed by atoms with Crippen LogP contribution in [0.3, 0.4) is 0 Å². The molecule has 2 N–H and O–H groups in total. The molecule has 1 fully saturated rings. The molecule has 2 aromatic carbocycles. The van der Waals surface area contributed by atoms with E-state index in [0.717, 1.165) is 10.1 Å². The second-order valence-electron chi connectivity index (χ2n) is 12.2. The van der Waals surface area contributed by atoms with E-state index in [4.69, 9.17) is 23.2 Å². The van der Waals surface area contributed by atoms with Gasteiger partial charge >= 0.3 is 6.18 Å². The molecule has 226 valence electrons. The molecule has 0 amide bonds. The van der Waals surface area contributed by atoms with Gasteiger partial charge in [0.15, 0.2) is 5.54 Å². The molecule has 13 heteroatoms. The summed E-state index contributed by atoms with van der Waals surface area (Å²) in [5.41, 5.74) is 0.795. The van der Waals surface area contributed by atoms with E-state index in [9.17, 15) is 18.4 Å². The lowest BCUT2D eigenvalue weighted by atomic mass is 9.96. The second-order valence-corrected chi connectivity index (χ2v) is 12.9. The molecule has 3 heterocycles. The van der Waals surface area contributed by atoms with Crippen LogP contribution in [0.2, 0.25) is 10.2 Å². The van der Waals surface area contributed by atoms with Crippen molar-refractivity contribution >= 4 is 56.3 Å². The topological polar surface area (TPSA) is 104 Å². The summed E-state index contributed by atoms with van der Waals surface area (Å²) >= 11 is 13.1. The molecular formula is C31H27Cl2F3N8. The maximum absolute atomic E-state index is 14.0. The third-order valence-electron chi connectivity index (χ3n) is 7.75. The van der Waals surface area contributed by atoms with Crippen LogP contribution >= 0.6 is 23.2 Å². The van der Waals surface area contributed by atoms with Crippen LogP contribution in [0.25, 0.3) is 21.7 Å². The quantitative estimate of drug-likeness (QED) is 0.173. The Morgan fingerprint density at radius 3 is 2.52 bits per heavy atom. The van der Waals surface area contributed by atoms with Crippen molar-refractivity contribution in [3.63, 3.8) is 0 Å². The number of halogens is 5. The van der Waals surface area contributed by atoms with E-state index >= 15 is 0 Å². The van der Waals surface area contributed by atoms with Gasteiger partial charge in [0.2, 0.25) is 0 Å². The second kappa shape index (κ2) is 10.8. The number of alkyl halides is 3. The summed E-state index contributed by atoms with van der Waals surface area (Å²) < 4.78 is 42.8. The fourth-order valence-corrected chi connectivity index (χ4v) is 5.77. The zero-order valence-corrected chi connectivity index (χ0v) is 25.5. The van der Waals surface area contributed by atoms with Gasteiger partial charge in [0.25, 0.3) is 0 Å². The summed E-state index contributed by atoms with van der Waals surface area (Å²) in [5.74, 6) is 0. The van der Waals surface area contributed by atoms with Gasteiger partial charge in [-0.05, 0) is 47.4 Å². The van der Waals surface area contributed by atoms with Gasteiger partial charge in [0.1, 0.15) is 16.9 Å². The van der Waals surface area contributed by atoms with Crippen LogP contribution in [-0.2, 0) is 5.54 Å². The smallest absolute Gasteiger partial charge is 0.383 e. The highest BCUT2D eigenvalue weighted by atomic mass is 35.5. The minimum absolute atomic E-state index is 0.0637. The molecule has 5 aromatic rings. The summed E-state index contributed by atoms with van der Waals surface area (Å²) in [5, 5.41) is 27.5. The largest absolute Gasteiger partial charge is 0.413 e. The number of anilines is 2. The average molecular weight is 640 g/mol. The van der Waals surface area contributed by atoms with Crippen molar-refractivity contribution in [2.75, 3.05) is 17.2 Å². The molecule has 0 radical (unpaired) electrons. The lowest BCUT2D eigenvalue weighted by Crippen LogP contribution is -2.35. The number of benzene rings is 2. The van der Waals surface area contributed by atoms with E-state index in [-0.39, 0.29) is 24.0 Å². The van der Waals surface area contributed by atoms with Crippen molar-refractivity contribution in [1.29, 1.82) is 5.26 Å². The SMILES string of the molecule is CC(C)(C)CNc1c(C#N)cnc2c(Cl)cc(N[C@H](c3cn(C4(C(F)(F)F)CC4)nn3)c3cccc4c(Cl)nccc34)cc12. The van der Waals surface area contributed by atoms with Gasteiger partial charge in [-0.15, -0.1) is 5.10 Å². The standard InChI is InChI=1S/C31H27Cl2F3N8/c1-29(2,3)16-40-25-17(13-37)14-39-26-22(25)11-18(12-23(26)32)41-27(20-5-4-6-21-19(20)7-10-38-28(21)33)24-15-44(43-42-24)30(8-9-30)31(34,35)36/h4-7,10-12,14-15,27,41H,8-9,16H2,1-3H3,(H,39,40)/t27-/m0/s1. The summed E-state index contributed by atoms with van der Waals surface area (Å²) in [6.45, 7) is 6.80. The van der Waals surface area contributed by atoms with E-state index < -0.39 is 17.8 Å². The van der Waals surface area contributed by atoms with Gasteiger partial charge in [-0.3, -0.25) is 4.98 Å². The molecular weight excluding hydrogens is 612 g/mol. The number of nitrogens with zero attached hydrogens (tertiary/aromatic N) is 6. The first-order chi connectivity index (χ1) is 20.8. The predicted octanol–water partition coefficient (Wildman–Crippen LogP) is 8.26. The minimum Gasteiger partial charge on any atom is -0.383 e. The molecule has 1 aliphatic carbocycles. The van der Waals surface area contributed by atoms with Crippen molar-refractivity contribution < 1.29 is 13.2 Å². The number of pyridine rings is 2. The first kappa shape index (κ1) is 29.9. The van der Waals surface area contributed by atoms with Crippen molar-refractivity contribution in [2.24, 2.45) is 5.41 Å². The monoisotopic (exact) mass is 638 g/mol. The zero-order chi connectivity index (χ0) is 31.4. The lowest BCUT2D eigenvalue weighted by molar-refractivity contribution is -0.182. The van der Waals surface area contributed by atoms with E-state index in [1.807, 2.05) is 18.2 Å². The van der Waals surface area contributed by atoms with E-state index in [1.54, 1.807) is 24.4 Å². The summed E-state index contributed by atoms with van der Waals surface area (Å²) in [7, 11) is 0. The molecule has 0 spiro atoms. The predicted molar refractivity (Wildman–Crippen MR) is 165 cm³/mol. The Morgan fingerprint density at radius 2 is 1.84 bits per heavy atom. The lowest BCUT2D eigenvalue weighted by Gasteiger charge is -2.23. The third-order valence-corrected chi connectivity index (χ3v) is 8.34. The fraction of sp³-hybridized carbons (Fsp3) is 0.323. The molecule has 8 nitrogen and oxygen atoms in total. The molecule has 6 rings (SSSR count). The fourth-order valence-electron chi connectivity index (χ4n) is 5.28. The number of aromatic nitrogens is 5. The number of nitrogens with one attached hydrogen (secondary N) is 2. The number of nitriles is 1. The van der Waals surface area contributed by atoms with Crippen molar-refractivity contribution in [2.45, 2.75) is 51.4 Å². The number of hydrogen-bond acceptors (Lipinski definition) is 7. The van der Waals surface area contributed by atoms with Gasteiger partial charge in [0, 0.05) is 35.4 Å². The number of rotatable bonds is 7. The normalized spacial score (nSPS) is 15.2. The molecule has 0 aliphatic heterocycles. The van der Waals surface area contributed by atoms with Crippen LogP contribution in [-0.4, -0.2) is 37.7 Å². The Bertz CT molecular complexity index is 1940. The van der Waals surface area contributed by atoms with Crippen LogP contribution in [0.4, 0.5) is 24.5 Å². The maximum Gasteiger partial charge on any atom is 0.413 e. The van der Waals surface area contributed by atoms with Crippen molar-refractivity contribution in [3.8, 4) is 6.07 Å². The van der Waals surface area contributed by atoms with Crippen LogP contribution in [0.5, 0.6) is 0 Å². The summed E-state index contributed by atoms with van der Waals surface area (Å²) in [4.78, 5) is 8.60. The van der Waals surface area contributed by atoms with Gasteiger partial charge in [-0.25, -0.2) is 9.67 Å². The van der Waals surface area contributed by atoms with Crippen LogP contribution < -0.4 is 10.6 Å². The first-order valence-electron chi connectivity index (χ1n) is 13.9. The zero-order valence-electron chi connectivity index (χ0n) is 24.0. The average Bonchev–Trinajstić information content (AvgIpc) is 3.65. The van der Waals surface area contributed by atoms with Crippen LogP contribution in [0, 0.1) is 16.7 Å². The van der Waals surface area contributed by atoms with Crippen LogP contribution in [0.15, 0.2) is 55.0 Å². The third kappa shape index (κ3) is 5.37. The molecule has 0 unspecified atom stereocenters. The molecule has 3 aromatic heterocycles. The molecule has 1 aliphatic rings. The Labute approximate surface area is 261 Å². The molecule has 1 atom stereocenters. The highest BCUT2D eigenvalue weighted by molar-refractivity contribution is 6.36. The summed E-state index contributed by atoms with van der Waals surface area (Å²) in [6.07, 6.45) is -0.200. The van der Waals surface area contributed by atoms with Crippen molar-refractivity contribution in [1.82, 2.24) is 25.0 Å². The first-order valence-corrected chi connectivity index (χ1v) is 14.6. The Morgan fingerprint density at radius 1 is 1.07 bits per heavy atom. The van der Waals surface area contributed by atoms with E-state index in [2.05, 4.69) is 57.8 Å².